The second kappa shape index (κ2) is 5.59. The molecule has 0 radical (unpaired) electrons. The Bertz CT molecular complexity index is 462. The van der Waals surface area contributed by atoms with Crippen molar-refractivity contribution in [1.82, 2.24) is 15.1 Å². The summed E-state index contributed by atoms with van der Waals surface area (Å²) in [5.74, 6) is -0.191. The number of nitrogens with zero attached hydrogens (tertiary/aromatic N) is 2. The first kappa shape index (κ1) is 11.8. The molecule has 0 unspecified atom stereocenters. The molecule has 0 bridgehead atoms. The van der Waals surface area contributed by atoms with Gasteiger partial charge in [0.05, 0.1) is 6.20 Å². The van der Waals surface area contributed by atoms with Crippen LogP contribution < -0.4 is 5.32 Å². The zero-order valence-corrected chi connectivity index (χ0v) is 9.86. The van der Waals surface area contributed by atoms with E-state index in [1.54, 1.807) is 16.8 Å². The highest BCUT2D eigenvalue weighted by molar-refractivity contribution is 5.15. The third kappa shape index (κ3) is 3.67. The summed E-state index contributed by atoms with van der Waals surface area (Å²) in [5.41, 5.74) is 2.32. The molecular formula is C13H16FN3. The third-order valence-corrected chi connectivity index (χ3v) is 2.59. The van der Waals surface area contributed by atoms with E-state index in [-0.39, 0.29) is 5.82 Å². The molecule has 0 amide bonds. The molecule has 0 aliphatic rings. The Balaban J connectivity index is 1.71. The maximum atomic E-state index is 12.7. The summed E-state index contributed by atoms with van der Waals surface area (Å²) in [6.07, 6.45) is 4.84. The van der Waals surface area contributed by atoms with E-state index in [0.29, 0.717) is 0 Å². The van der Waals surface area contributed by atoms with Crippen LogP contribution in [0.2, 0.25) is 0 Å². The molecule has 3 nitrogen and oxygen atoms in total. The Labute approximate surface area is 100 Å². The van der Waals surface area contributed by atoms with Gasteiger partial charge >= 0.3 is 0 Å². The van der Waals surface area contributed by atoms with Gasteiger partial charge in [0, 0.05) is 19.8 Å². The van der Waals surface area contributed by atoms with Gasteiger partial charge in [-0.2, -0.15) is 5.10 Å². The van der Waals surface area contributed by atoms with Gasteiger partial charge in [-0.05, 0) is 36.2 Å². The van der Waals surface area contributed by atoms with E-state index in [9.17, 15) is 4.39 Å². The number of aromatic nitrogens is 2. The highest BCUT2D eigenvalue weighted by atomic mass is 19.1. The number of rotatable bonds is 5. The molecule has 0 atom stereocenters. The van der Waals surface area contributed by atoms with Gasteiger partial charge in [0.25, 0.3) is 0 Å². The number of hydrogen-bond acceptors (Lipinski definition) is 2. The van der Waals surface area contributed by atoms with Crippen LogP contribution in [0.4, 0.5) is 4.39 Å². The van der Waals surface area contributed by atoms with Crippen LogP contribution in [-0.2, 0) is 20.0 Å². The lowest BCUT2D eigenvalue weighted by molar-refractivity contribution is 0.625. The largest absolute Gasteiger partial charge is 0.312 e. The van der Waals surface area contributed by atoms with Crippen LogP contribution in [0.5, 0.6) is 0 Å². The van der Waals surface area contributed by atoms with E-state index in [1.165, 1.54) is 17.7 Å². The molecule has 0 aliphatic heterocycles. The normalized spacial score (nSPS) is 10.7. The van der Waals surface area contributed by atoms with E-state index >= 15 is 0 Å². The van der Waals surface area contributed by atoms with Crippen molar-refractivity contribution in [3.8, 4) is 0 Å². The molecule has 4 heteroatoms. The molecule has 2 aromatic rings. The Kier molecular flexibility index (Phi) is 3.88. The molecule has 0 aliphatic carbocycles. The minimum atomic E-state index is -0.191. The van der Waals surface area contributed by atoms with Crippen LogP contribution >= 0.6 is 0 Å². The smallest absolute Gasteiger partial charge is 0.123 e. The van der Waals surface area contributed by atoms with E-state index in [4.69, 9.17) is 0 Å². The third-order valence-electron chi connectivity index (χ3n) is 2.59. The van der Waals surface area contributed by atoms with E-state index in [0.717, 1.165) is 25.1 Å². The summed E-state index contributed by atoms with van der Waals surface area (Å²) in [7, 11) is 1.91. The van der Waals surface area contributed by atoms with Crippen LogP contribution in [-0.4, -0.2) is 16.3 Å². The summed E-state index contributed by atoms with van der Waals surface area (Å²) in [4.78, 5) is 0. The van der Waals surface area contributed by atoms with E-state index in [1.807, 2.05) is 19.4 Å². The Hall–Kier alpha value is -1.68. The van der Waals surface area contributed by atoms with Crippen LogP contribution in [0.3, 0.4) is 0 Å². The van der Waals surface area contributed by atoms with E-state index in [2.05, 4.69) is 10.4 Å². The summed E-state index contributed by atoms with van der Waals surface area (Å²) >= 11 is 0. The monoisotopic (exact) mass is 233 g/mol. The zero-order valence-electron chi connectivity index (χ0n) is 9.86. The molecule has 90 valence electrons. The quantitative estimate of drug-likeness (QED) is 0.799. The molecule has 1 aromatic heterocycles. The molecule has 0 spiro atoms. The van der Waals surface area contributed by atoms with Gasteiger partial charge in [0.1, 0.15) is 5.82 Å². The fourth-order valence-electron chi connectivity index (χ4n) is 1.67. The van der Waals surface area contributed by atoms with Crippen LogP contribution in [0.25, 0.3) is 0 Å². The minimum absolute atomic E-state index is 0.191. The lowest BCUT2D eigenvalue weighted by Gasteiger charge is -2.03. The maximum absolute atomic E-state index is 12.7. The zero-order chi connectivity index (χ0) is 12.1. The topological polar surface area (TPSA) is 29.9 Å². The first-order valence-corrected chi connectivity index (χ1v) is 5.67. The van der Waals surface area contributed by atoms with Gasteiger partial charge < -0.3 is 5.32 Å². The highest BCUT2D eigenvalue weighted by Gasteiger charge is 1.97. The fourth-order valence-corrected chi connectivity index (χ4v) is 1.67. The molecule has 0 saturated heterocycles. The van der Waals surface area contributed by atoms with Crippen LogP contribution in [0.1, 0.15) is 11.1 Å². The fraction of sp³-hybridized carbons (Fsp3) is 0.308. The predicted octanol–water partition coefficient (Wildman–Crippen LogP) is 1.89. The van der Waals surface area contributed by atoms with Crippen molar-refractivity contribution in [3.05, 3.63) is 53.6 Å². The SMILES string of the molecule is Cn1cc(CCNCc2ccc(F)cc2)cn1. The Morgan fingerprint density at radius 3 is 2.65 bits per heavy atom. The van der Waals surface area contributed by atoms with Gasteiger partial charge in [0.15, 0.2) is 0 Å². The van der Waals surface area contributed by atoms with Gasteiger partial charge in [-0.3, -0.25) is 4.68 Å². The van der Waals surface area contributed by atoms with Gasteiger partial charge in [-0.15, -0.1) is 0 Å². The van der Waals surface area contributed by atoms with Crippen LogP contribution in [0, 0.1) is 5.82 Å². The molecule has 17 heavy (non-hydrogen) atoms. The second-order valence-electron chi connectivity index (χ2n) is 4.08. The predicted molar refractivity (Wildman–Crippen MR) is 65.0 cm³/mol. The van der Waals surface area contributed by atoms with Crippen molar-refractivity contribution >= 4 is 0 Å². The van der Waals surface area contributed by atoms with Gasteiger partial charge in [-0.25, -0.2) is 4.39 Å². The molecule has 1 heterocycles. The summed E-state index contributed by atoms with van der Waals surface area (Å²) < 4.78 is 14.5. The minimum Gasteiger partial charge on any atom is -0.312 e. The molecule has 0 saturated carbocycles. The van der Waals surface area contributed by atoms with Crippen molar-refractivity contribution in [1.29, 1.82) is 0 Å². The first-order valence-electron chi connectivity index (χ1n) is 5.67. The average Bonchev–Trinajstić information content (AvgIpc) is 2.73. The lowest BCUT2D eigenvalue weighted by Crippen LogP contribution is -2.16. The van der Waals surface area contributed by atoms with Crippen molar-refractivity contribution < 1.29 is 4.39 Å². The molecular weight excluding hydrogens is 217 g/mol. The number of halogens is 1. The molecule has 1 N–H and O–H groups in total. The summed E-state index contributed by atoms with van der Waals surface area (Å²) in [6.45, 7) is 1.66. The maximum Gasteiger partial charge on any atom is 0.123 e. The highest BCUT2D eigenvalue weighted by Crippen LogP contribution is 2.02. The first-order chi connectivity index (χ1) is 8.24. The lowest BCUT2D eigenvalue weighted by atomic mass is 10.2. The van der Waals surface area contributed by atoms with Gasteiger partial charge in [-0.1, -0.05) is 12.1 Å². The molecule has 2 rings (SSSR count). The van der Waals surface area contributed by atoms with Crippen molar-refractivity contribution in [2.75, 3.05) is 6.54 Å². The van der Waals surface area contributed by atoms with Gasteiger partial charge in [0.2, 0.25) is 0 Å². The van der Waals surface area contributed by atoms with Crippen molar-refractivity contribution in [2.24, 2.45) is 7.05 Å². The Morgan fingerprint density at radius 2 is 2.00 bits per heavy atom. The molecule has 0 fully saturated rings. The van der Waals surface area contributed by atoms with Crippen molar-refractivity contribution in [3.63, 3.8) is 0 Å². The van der Waals surface area contributed by atoms with Crippen molar-refractivity contribution in [2.45, 2.75) is 13.0 Å². The number of aryl methyl sites for hydroxylation is 1. The summed E-state index contributed by atoms with van der Waals surface area (Å²) in [6, 6.07) is 6.56. The average molecular weight is 233 g/mol. The number of benzene rings is 1. The standard InChI is InChI=1S/C13H16FN3/c1-17-10-12(9-16-17)6-7-15-8-11-2-4-13(14)5-3-11/h2-5,9-10,15H,6-8H2,1H3. The molecule has 1 aromatic carbocycles. The van der Waals surface area contributed by atoms with E-state index < -0.39 is 0 Å². The summed E-state index contributed by atoms with van der Waals surface area (Å²) in [5, 5.41) is 7.43. The number of nitrogens with one attached hydrogen (secondary N) is 1. The van der Waals surface area contributed by atoms with Crippen LogP contribution in [0.15, 0.2) is 36.7 Å². The Morgan fingerprint density at radius 1 is 1.24 bits per heavy atom. The second-order valence-corrected chi connectivity index (χ2v) is 4.08. The number of hydrogen-bond donors (Lipinski definition) is 1.